The van der Waals surface area contributed by atoms with E-state index in [1.807, 2.05) is 13.8 Å². The van der Waals surface area contributed by atoms with E-state index in [0.29, 0.717) is 31.2 Å². The number of nitrogens with zero attached hydrogens (tertiary/aromatic N) is 2. The van der Waals surface area contributed by atoms with Crippen LogP contribution in [-0.4, -0.2) is 34.4 Å². The van der Waals surface area contributed by atoms with Crippen LogP contribution < -0.4 is 0 Å². The van der Waals surface area contributed by atoms with Crippen LogP contribution in [0.1, 0.15) is 57.2 Å². The van der Waals surface area contributed by atoms with Crippen molar-refractivity contribution in [3.05, 3.63) is 11.7 Å². The molecule has 0 spiro atoms. The fraction of sp³-hybridized carbons (Fsp3) is 0.786. The average molecular weight is 282 g/mol. The van der Waals surface area contributed by atoms with Crippen molar-refractivity contribution in [2.45, 2.75) is 51.9 Å². The number of carboxylic acids is 1. The van der Waals surface area contributed by atoms with Crippen LogP contribution in [0.3, 0.4) is 0 Å². The largest absolute Gasteiger partial charge is 0.481 e. The van der Waals surface area contributed by atoms with Crippen LogP contribution in [0.2, 0.25) is 0 Å². The third-order valence-corrected chi connectivity index (χ3v) is 4.31. The van der Waals surface area contributed by atoms with Crippen molar-refractivity contribution in [1.82, 2.24) is 10.1 Å². The average Bonchev–Trinajstić information content (AvgIpc) is 2.94. The highest BCUT2D eigenvalue weighted by molar-refractivity contribution is 5.74. The van der Waals surface area contributed by atoms with Gasteiger partial charge in [0.05, 0.1) is 12.0 Å². The first kappa shape index (κ1) is 15.0. The lowest BCUT2D eigenvalue weighted by Gasteiger charge is -2.24. The standard InChI is InChI=1S/C14H22N2O4/c1-3-14(4-2,13(17)18)8-11-15-12(16-20-11)10-6-5-7-19-9-10/h10H,3-9H2,1-2H3,(H,17,18). The molecule has 1 aliphatic heterocycles. The van der Waals surface area contributed by atoms with Gasteiger partial charge in [-0.15, -0.1) is 0 Å². The van der Waals surface area contributed by atoms with E-state index in [1.54, 1.807) is 0 Å². The summed E-state index contributed by atoms with van der Waals surface area (Å²) in [5, 5.41) is 13.4. The van der Waals surface area contributed by atoms with E-state index in [9.17, 15) is 9.90 Å². The molecule has 20 heavy (non-hydrogen) atoms. The second-order valence-electron chi connectivity index (χ2n) is 5.43. The molecule has 112 valence electrons. The van der Waals surface area contributed by atoms with Gasteiger partial charge in [0, 0.05) is 18.9 Å². The summed E-state index contributed by atoms with van der Waals surface area (Å²) in [7, 11) is 0. The highest BCUT2D eigenvalue weighted by atomic mass is 16.5. The molecule has 1 aromatic heterocycles. The van der Waals surface area contributed by atoms with Gasteiger partial charge in [0.15, 0.2) is 5.82 Å². The minimum absolute atomic E-state index is 0.170. The van der Waals surface area contributed by atoms with Crippen molar-refractivity contribution in [2.75, 3.05) is 13.2 Å². The molecule has 1 aromatic rings. The molecule has 0 aromatic carbocycles. The first-order valence-corrected chi connectivity index (χ1v) is 7.25. The highest BCUT2D eigenvalue weighted by Crippen LogP contribution is 2.31. The molecule has 0 aliphatic carbocycles. The molecule has 1 aliphatic rings. The molecule has 1 saturated heterocycles. The summed E-state index contributed by atoms with van der Waals surface area (Å²) in [5.41, 5.74) is -0.813. The lowest BCUT2D eigenvalue weighted by atomic mass is 9.79. The molecule has 6 nitrogen and oxygen atoms in total. The molecule has 1 N–H and O–H groups in total. The van der Waals surface area contributed by atoms with E-state index in [4.69, 9.17) is 9.26 Å². The van der Waals surface area contributed by atoms with Gasteiger partial charge >= 0.3 is 5.97 Å². The zero-order chi connectivity index (χ0) is 14.6. The summed E-state index contributed by atoms with van der Waals surface area (Å²) in [5.74, 6) is 0.426. The molecule has 0 bridgehead atoms. The van der Waals surface area contributed by atoms with Crippen molar-refractivity contribution in [1.29, 1.82) is 0 Å². The van der Waals surface area contributed by atoms with Crippen LogP contribution in [0.25, 0.3) is 0 Å². The van der Waals surface area contributed by atoms with Crippen LogP contribution in [0.5, 0.6) is 0 Å². The molecule has 0 saturated carbocycles. The monoisotopic (exact) mass is 282 g/mol. The number of carbonyl (C=O) groups is 1. The molecule has 1 unspecified atom stereocenters. The van der Waals surface area contributed by atoms with E-state index in [2.05, 4.69) is 10.1 Å². The number of aliphatic carboxylic acids is 1. The lowest BCUT2D eigenvalue weighted by molar-refractivity contribution is -0.149. The predicted molar refractivity (Wildman–Crippen MR) is 71.4 cm³/mol. The van der Waals surface area contributed by atoms with Crippen LogP contribution in [-0.2, 0) is 16.0 Å². The van der Waals surface area contributed by atoms with Gasteiger partial charge in [-0.2, -0.15) is 4.98 Å². The van der Waals surface area contributed by atoms with Crippen molar-refractivity contribution in [3.8, 4) is 0 Å². The van der Waals surface area contributed by atoms with E-state index in [0.717, 1.165) is 19.4 Å². The van der Waals surface area contributed by atoms with Gasteiger partial charge < -0.3 is 14.4 Å². The fourth-order valence-corrected chi connectivity index (χ4v) is 2.62. The third-order valence-electron chi connectivity index (χ3n) is 4.31. The Morgan fingerprint density at radius 2 is 2.20 bits per heavy atom. The molecule has 0 amide bonds. The number of carboxylic acid groups (broad SMARTS) is 1. The Hall–Kier alpha value is -1.43. The molecule has 1 fully saturated rings. The number of aromatic nitrogens is 2. The first-order valence-electron chi connectivity index (χ1n) is 7.25. The minimum Gasteiger partial charge on any atom is -0.481 e. The first-order chi connectivity index (χ1) is 9.61. The van der Waals surface area contributed by atoms with E-state index in [-0.39, 0.29) is 12.3 Å². The van der Waals surface area contributed by atoms with Gasteiger partial charge in [0.1, 0.15) is 0 Å². The summed E-state index contributed by atoms with van der Waals surface area (Å²) in [6.07, 6.45) is 3.37. The second-order valence-corrected chi connectivity index (χ2v) is 5.43. The zero-order valence-electron chi connectivity index (χ0n) is 12.1. The smallest absolute Gasteiger partial charge is 0.310 e. The summed E-state index contributed by atoms with van der Waals surface area (Å²) < 4.78 is 10.7. The molecular weight excluding hydrogens is 260 g/mol. The SMILES string of the molecule is CCC(CC)(Cc1nc(C2CCCOC2)no1)C(=O)O. The Morgan fingerprint density at radius 3 is 2.75 bits per heavy atom. The Morgan fingerprint density at radius 1 is 1.45 bits per heavy atom. The molecule has 0 radical (unpaired) electrons. The predicted octanol–water partition coefficient (Wildman–Crippen LogP) is 2.40. The van der Waals surface area contributed by atoms with Gasteiger partial charge in [-0.3, -0.25) is 4.79 Å². The number of rotatable bonds is 6. The van der Waals surface area contributed by atoms with Crippen LogP contribution >= 0.6 is 0 Å². The second kappa shape index (κ2) is 6.35. The normalized spacial score (nSPS) is 20.0. The van der Waals surface area contributed by atoms with Crippen molar-refractivity contribution in [2.24, 2.45) is 5.41 Å². The van der Waals surface area contributed by atoms with E-state index >= 15 is 0 Å². The van der Waals surface area contributed by atoms with Gasteiger partial charge in [0.2, 0.25) is 5.89 Å². The van der Waals surface area contributed by atoms with Crippen LogP contribution in [0.15, 0.2) is 4.52 Å². The quantitative estimate of drug-likeness (QED) is 0.862. The summed E-state index contributed by atoms with van der Waals surface area (Å²) in [6.45, 7) is 5.16. The minimum atomic E-state index is -0.813. The molecular formula is C14H22N2O4. The van der Waals surface area contributed by atoms with E-state index in [1.165, 1.54) is 0 Å². The summed E-state index contributed by atoms with van der Waals surface area (Å²) in [6, 6.07) is 0. The topological polar surface area (TPSA) is 85.5 Å². The fourth-order valence-electron chi connectivity index (χ4n) is 2.62. The molecule has 1 atom stereocenters. The Kier molecular flexibility index (Phi) is 4.75. The van der Waals surface area contributed by atoms with Crippen molar-refractivity contribution in [3.63, 3.8) is 0 Å². The third kappa shape index (κ3) is 3.00. The number of ether oxygens (including phenoxy) is 1. The maximum Gasteiger partial charge on any atom is 0.310 e. The maximum absolute atomic E-state index is 11.5. The Bertz CT molecular complexity index is 448. The van der Waals surface area contributed by atoms with Gasteiger partial charge in [-0.25, -0.2) is 0 Å². The van der Waals surface area contributed by atoms with E-state index < -0.39 is 11.4 Å². The molecule has 6 heteroatoms. The van der Waals surface area contributed by atoms with Crippen LogP contribution in [0, 0.1) is 5.41 Å². The summed E-state index contributed by atoms with van der Waals surface area (Å²) in [4.78, 5) is 15.9. The molecule has 2 heterocycles. The van der Waals surface area contributed by atoms with Crippen LogP contribution in [0.4, 0.5) is 0 Å². The highest BCUT2D eigenvalue weighted by Gasteiger charge is 2.37. The molecule has 2 rings (SSSR count). The van der Waals surface area contributed by atoms with Crippen molar-refractivity contribution >= 4 is 5.97 Å². The lowest BCUT2D eigenvalue weighted by Crippen LogP contribution is -2.32. The van der Waals surface area contributed by atoms with Crippen molar-refractivity contribution < 1.29 is 19.2 Å². The summed E-state index contributed by atoms with van der Waals surface area (Å²) >= 11 is 0. The number of hydrogen-bond donors (Lipinski definition) is 1. The zero-order valence-corrected chi connectivity index (χ0v) is 12.1. The number of hydrogen-bond acceptors (Lipinski definition) is 5. The van der Waals surface area contributed by atoms with Gasteiger partial charge in [-0.1, -0.05) is 19.0 Å². The van der Waals surface area contributed by atoms with Gasteiger partial charge in [0.25, 0.3) is 0 Å². The maximum atomic E-state index is 11.5. The van der Waals surface area contributed by atoms with Gasteiger partial charge in [-0.05, 0) is 25.7 Å². The Balaban J connectivity index is 2.10. The Labute approximate surface area is 118 Å².